The Bertz CT molecular complexity index is 3490. The van der Waals surface area contributed by atoms with Crippen molar-refractivity contribution in [3.63, 3.8) is 0 Å². The van der Waals surface area contributed by atoms with Gasteiger partial charge in [0.15, 0.2) is 0 Å². The quantitative estimate of drug-likeness (QED) is 0.167. The standard InChI is InChI=1S/C61H39NS/c1-2-15-40(16-3-1)41-29-33-43(34-30-41)62(44-35-31-42(32-36-44)46-23-14-24-54-53-22-9-13-28-59(53)63-60(46)54)45-37-38-52-51-21-8-12-27-57(51)61(58(52)39-45)55-25-10-6-19-49(55)47-17-4-5-18-48(47)50-20-7-11-26-56(50)61/h1-39H. The molecule has 0 radical (unpaired) electrons. The van der Waals surface area contributed by atoms with Gasteiger partial charge in [-0.1, -0.05) is 194 Å². The molecule has 0 aliphatic heterocycles. The molecule has 0 unspecified atom stereocenters. The molecule has 11 aromatic rings. The maximum absolute atomic E-state index is 2.50. The van der Waals surface area contributed by atoms with Crippen LogP contribution in [-0.4, -0.2) is 0 Å². The fraction of sp³-hybridized carbons (Fsp3) is 0.0164. The normalized spacial score (nSPS) is 12.9. The zero-order valence-electron chi connectivity index (χ0n) is 34.4. The zero-order chi connectivity index (χ0) is 41.5. The summed E-state index contributed by atoms with van der Waals surface area (Å²) in [6.45, 7) is 0. The lowest BCUT2D eigenvalue weighted by atomic mass is 9.66. The average molecular weight is 818 g/mol. The van der Waals surface area contributed by atoms with Crippen LogP contribution in [-0.2, 0) is 5.41 Å². The number of anilines is 3. The molecule has 2 heteroatoms. The molecule has 0 atom stereocenters. The van der Waals surface area contributed by atoms with Crippen LogP contribution in [0.5, 0.6) is 0 Å². The lowest BCUT2D eigenvalue weighted by molar-refractivity contribution is 0.775. The van der Waals surface area contributed by atoms with Crippen molar-refractivity contribution in [3.8, 4) is 55.6 Å². The Balaban J connectivity index is 1.03. The van der Waals surface area contributed by atoms with E-state index in [0.29, 0.717) is 0 Å². The van der Waals surface area contributed by atoms with Gasteiger partial charge in [-0.2, -0.15) is 0 Å². The van der Waals surface area contributed by atoms with Crippen molar-refractivity contribution in [2.24, 2.45) is 0 Å². The Morgan fingerprint density at radius 2 is 0.730 bits per heavy atom. The van der Waals surface area contributed by atoms with Crippen LogP contribution in [0.15, 0.2) is 237 Å². The van der Waals surface area contributed by atoms with Gasteiger partial charge in [0, 0.05) is 37.2 Å². The number of fused-ring (bicyclic) bond motifs is 15. The molecule has 0 fully saturated rings. The number of rotatable bonds is 5. The van der Waals surface area contributed by atoms with Crippen LogP contribution in [0.3, 0.4) is 0 Å². The summed E-state index contributed by atoms with van der Waals surface area (Å²) in [6, 6.07) is 87.9. The van der Waals surface area contributed by atoms with Gasteiger partial charge in [-0.05, 0) is 120 Å². The molecule has 10 aromatic carbocycles. The molecular weight excluding hydrogens is 779 g/mol. The van der Waals surface area contributed by atoms with Crippen molar-refractivity contribution in [2.45, 2.75) is 5.41 Å². The summed E-state index contributed by atoms with van der Waals surface area (Å²) in [5.74, 6) is 0. The molecule has 0 amide bonds. The molecule has 63 heavy (non-hydrogen) atoms. The first kappa shape index (κ1) is 35.9. The first-order valence-corrected chi connectivity index (χ1v) is 22.6. The number of hydrogen-bond acceptors (Lipinski definition) is 2. The van der Waals surface area contributed by atoms with Crippen molar-refractivity contribution >= 4 is 48.6 Å². The van der Waals surface area contributed by atoms with Crippen LogP contribution < -0.4 is 4.90 Å². The molecule has 0 bridgehead atoms. The molecule has 294 valence electrons. The summed E-state index contributed by atoms with van der Waals surface area (Å²) in [5.41, 5.74) is 20.5. The third kappa shape index (κ3) is 5.35. The van der Waals surface area contributed by atoms with E-state index in [1.54, 1.807) is 0 Å². The lowest BCUT2D eigenvalue weighted by Crippen LogP contribution is -2.29. The summed E-state index contributed by atoms with van der Waals surface area (Å²) in [4.78, 5) is 2.44. The highest BCUT2D eigenvalue weighted by Gasteiger charge is 2.49. The highest BCUT2D eigenvalue weighted by Crippen LogP contribution is 2.62. The summed E-state index contributed by atoms with van der Waals surface area (Å²) in [5, 5.41) is 2.63. The van der Waals surface area contributed by atoms with Crippen LogP contribution in [0, 0.1) is 0 Å². The van der Waals surface area contributed by atoms with E-state index >= 15 is 0 Å². The zero-order valence-corrected chi connectivity index (χ0v) is 35.2. The number of benzene rings is 10. The summed E-state index contributed by atoms with van der Waals surface area (Å²) < 4.78 is 2.65. The molecule has 0 saturated carbocycles. The van der Waals surface area contributed by atoms with E-state index in [-0.39, 0.29) is 0 Å². The summed E-state index contributed by atoms with van der Waals surface area (Å²) in [6.07, 6.45) is 0. The highest BCUT2D eigenvalue weighted by atomic mass is 32.1. The lowest BCUT2D eigenvalue weighted by Gasteiger charge is -2.36. The van der Waals surface area contributed by atoms with E-state index in [4.69, 9.17) is 0 Å². The minimum atomic E-state index is -0.566. The predicted octanol–water partition coefficient (Wildman–Crippen LogP) is 16.9. The number of nitrogens with zero attached hydrogens (tertiary/aromatic N) is 1. The van der Waals surface area contributed by atoms with Crippen molar-refractivity contribution in [2.75, 3.05) is 4.90 Å². The van der Waals surface area contributed by atoms with Gasteiger partial charge in [0.25, 0.3) is 0 Å². The van der Waals surface area contributed by atoms with Crippen LogP contribution in [0.4, 0.5) is 17.1 Å². The molecular formula is C61H39NS. The van der Waals surface area contributed by atoms with Gasteiger partial charge >= 0.3 is 0 Å². The Morgan fingerprint density at radius 1 is 0.286 bits per heavy atom. The van der Waals surface area contributed by atoms with Gasteiger partial charge in [0.2, 0.25) is 0 Å². The highest BCUT2D eigenvalue weighted by molar-refractivity contribution is 7.26. The second-order valence-electron chi connectivity index (χ2n) is 16.7. The van der Waals surface area contributed by atoms with Crippen LogP contribution in [0.25, 0.3) is 75.8 Å². The third-order valence-electron chi connectivity index (χ3n) is 13.5. The van der Waals surface area contributed by atoms with Gasteiger partial charge in [-0.15, -0.1) is 11.3 Å². The third-order valence-corrected chi connectivity index (χ3v) is 14.7. The minimum Gasteiger partial charge on any atom is -0.310 e. The SMILES string of the molecule is c1ccc(-c2ccc(N(c3ccc(-c4cccc5c4sc4ccccc45)cc3)c3ccc4c(c3)C3(c5ccccc5-c5ccccc5-c5ccccc53)c3ccccc3-4)cc2)cc1. The number of thiophene rings is 1. The van der Waals surface area contributed by atoms with Gasteiger partial charge in [0.1, 0.15) is 0 Å². The molecule has 0 saturated heterocycles. The summed E-state index contributed by atoms with van der Waals surface area (Å²) >= 11 is 1.88. The summed E-state index contributed by atoms with van der Waals surface area (Å²) in [7, 11) is 0. The largest absolute Gasteiger partial charge is 0.310 e. The Kier molecular flexibility index (Phi) is 8.06. The predicted molar refractivity (Wildman–Crippen MR) is 267 cm³/mol. The monoisotopic (exact) mass is 817 g/mol. The van der Waals surface area contributed by atoms with Gasteiger partial charge in [-0.25, -0.2) is 0 Å². The topological polar surface area (TPSA) is 3.24 Å². The van der Waals surface area contributed by atoms with E-state index in [2.05, 4.69) is 241 Å². The average Bonchev–Trinajstić information content (AvgIpc) is 3.85. The molecule has 13 rings (SSSR count). The van der Waals surface area contributed by atoms with E-state index in [1.807, 2.05) is 11.3 Å². The van der Waals surface area contributed by atoms with Crippen LogP contribution in [0.1, 0.15) is 22.3 Å². The minimum absolute atomic E-state index is 0.566. The molecule has 1 nitrogen and oxygen atoms in total. The molecule has 1 aromatic heterocycles. The molecule has 2 aliphatic rings. The second-order valence-corrected chi connectivity index (χ2v) is 17.8. The van der Waals surface area contributed by atoms with E-state index in [0.717, 1.165) is 17.1 Å². The van der Waals surface area contributed by atoms with Gasteiger partial charge in [0.05, 0.1) is 5.41 Å². The van der Waals surface area contributed by atoms with E-state index in [1.165, 1.54) is 98.1 Å². The van der Waals surface area contributed by atoms with E-state index in [9.17, 15) is 0 Å². The smallest absolute Gasteiger partial charge is 0.0726 e. The Morgan fingerprint density at radius 3 is 1.37 bits per heavy atom. The first-order valence-electron chi connectivity index (χ1n) is 21.8. The fourth-order valence-corrected chi connectivity index (χ4v) is 12.1. The van der Waals surface area contributed by atoms with Crippen LogP contribution in [0.2, 0.25) is 0 Å². The molecule has 1 heterocycles. The van der Waals surface area contributed by atoms with Crippen LogP contribution >= 0.6 is 11.3 Å². The molecule has 0 N–H and O–H groups in total. The Hall–Kier alpha value is -7.78. The fourth-order valence-electron chi connectivity index (χ4n) is 10.8. The first-order chi connectivity index (χ1) is 31.3. The van der Waals surface area contributed by atoms with Gasteiger partial charge in [-0.3, -0.25) is 0 Å². The van der Waals surface area contributed by atoms with Crippen molar-refractivity contribution in [1.82, 2.24) is 0 Å². The molecule has 2 aliphatic carbocycles. The van der Waals surface area contributed by atoms with E-state index < -0.39 is 5.41 Å². The molecule has 1 spiro atoms. The van der Waals surface area contributed by atoms with Crippen molar-refractivity contribution in [1.29, 1.82) is 0 Å². The Labute approximate surface area is 371 Å². The maximum Gasteiger partial charge on any atom is 0.0726 e. The van der Waals surface area contributed by atoms with Crippen molar-refractivity contribution < 1.29 is 0 Å². The number of hydrogen-bond donors (Lipinski definition) is 0. The van der Waals surface area contributed by atoms with Gasteiger partial charge < -0.3 is 4.90 Å². The van der Waals surface area contributed by atoms with Crippen molar-refractivity contribution in [3.05, 3.63) is 259 Å². The second kappa shape index (κ2) is 14.1. The maximum atomic E-state index is 2.50.